The van der Waals surface area contributed by atoms with E-state index < -0.39 is 0 Å². The summed E-state index contributed by atoms with van der Waals surface area (Å²) in [5, 5.41) is 0. The Morgan fingerprint density at radius 3 is 3.20 bits per heavy atom. The monoisotopic (exact) mass is 137 g/mol. The Bertz CT molecular complexity index is 170. The van der Waals surface area contributed by atoms with Gasteiger partial charge in [-0.3, -0.25) is 4.99 Å². The molecule has 1 aliphatic rings. The minimum atomic E-state index is 0.600. The minimum absolute atomic E-state index is 0.600. The number of nitrogens with zero attached hydrogens (tertiary/aromatic N) is 1. The third-order valence-corrected chi connectivity index (χ3v) is 1.44. The molecule has 0 amide bonds. The first kappa shape index (κ1) is 7.19. The van der Waals surface area contributed by atoms with Gasteiger partial charge in [0.25, 0.3) is 0 Å². The van der Waals surface area contributed by atoms with Gasteiger partial charge in [0.1, 0.15) is 6.29 Å². The zero-order valence-electron chi connectivity index (χ0n) is 5.92. The molecule has 0 radical (unpaired) electrons. The third kappa shape index (κ3) is 2.13. The molecule has 1 aliphatic heterocycles. The molecule has 0 saturated carbocycles. The minimum Gasteiger partial charge on any atom is -0.303 e. The van der Waals surface area contributed by atoms with E-state index in [2.05, 4.69) is 11.1 Å². The first-order valence-corrected chi connectivity index (χ1v) is 3.57. The standard InChI is InChI=1S/C8H11NO/c10-7-3-5-8-4-1-2-6-9-8/h1,4,7H,2-3,5-6H2. The predicted molar refractivity (Wildman–Crippen MR) is 41.4 cm³/mol. The van der Waals surface area contributed by atoms with Gasteiger partial charge >= 0.3 is 0 Å². The number of carbonyl (C=O) groups is 1. The molecule has 0 N–H and O–H groups in total. The van der Waals surface area contributed by atoms with Crippen LogP contribution in [-0.4, -0.2) is 18.5 Å². The summed E-state index contributed by atoms with van der Waals surface area (Å²) in [6.07, 6.45) is 7.50. The van der Waals surface area contributed by atoms with E-state index in [1.165, 1.54) is 0 Å². The quantitative estimate of drug-likeness (QED) is 0.540. The van der Waals surface area contributed by atoms with E-state index in [1.807, 2.05) is 6.08 Å². The summed E-state index contributed by atoms with van der Waals surface area (Å²) in [5.41, 5.74) is 1.07. The van der Waals surface area contributed by atoms with Crippen molar-refractivity contribution >= 4 is 12.0 Å². The maximum Gasteiger partial charge on any atom is 0.120 e. The maximum atomic E-state index is 9.97. The highest BCUT2D eigenvalue weighted by atomic mass is 16.1. The van der Waals surface area contributed by atoms with Gasteiger partial charge in [0.2, 0.25) is 0 Å². The van der Waals surface area contributed by atoms with Crippen LogP contribution in [0.3, 0.4) is 0 Å². The second-order valence-electron chi connectivity index (χ2n) is 2.27. The Balaban J connectivity index is 2.32. The number of dihydropyridines is 1. The summed E-state index contributed by atoms with van der Waals surface area (Å²) in [7, 11) is 0. The first-order valence-electron chi connectivity index (χ1n) is 3.57. The van der Waals surface area contributed by atoms with Crippen molar-refractivity contribution in [1.29, 1.82) is 0 Å². The third-order valence-electron chi connectivity index (χ3n) is 1.44. The molecule has 0 atom stereocenters. The van der Waals surface area contributed by atoms with E-state index in [0.717, 1.165) is 31.4 Å². The van der Waals surface area contributed by atoms with Crippen molar-refractivity contribution < 1.29 is 4.79 Å². The fraction of sp³-hybridized carbons (Fsp3) is 0.500. The van der Waals surface area contributed by atoms with E-state index in [1.54, 1.807) is 0 Å². The van der Waals surface area contributed by atoms with Crippen LogP contribution in [-0.2, 0) is 4.79 Å². The molecular weight excluding hydrogens is 126 g/mol. The van der Waals surface area contributed by atoms with E-state index in [0.29, 0.717) is 6.42 Å². The summed E-state index contributed by atoms with van der Waals surface area (Å²) < 4.78 is 0. The van der Waals surface area contributed by atoms with Gasteiger partial charge in [-0.15, -0.1) is 0 Å². The number of aliphatic imine (C=N–C) groups is 1. The molecule has 2 nitrogen and oxygen atoms in total. The van der Waals surface area contributed by atoms with Crippen LogP contribution in [0.15, 0.2) is 17.1 Å². The average Bonchev–Trinajstić information content (AvgIpc) is 2.03. The summed E-state index contributed by atoms with van der Waals surface area (Å²) in [4.78, 5) is 14.2. The number of carbonyl (C=O) groups excluding carboxylic acids is 1. The fourth-order valence-electron chi connectivity index (χ4n) is 0.924. The normalized spacial score (nSPS) is 16.6. The second kappa shape index (κ2) is 3.99. The van der Waals surface area contributed by atoms with Gasteiger partial charge in [0, 0.05) is 18.7 Å². The molecule has 2 heteroatoms. The highest BCUT2D eigenvalue weighted by Gasteiger charge is 1.96. The molecule has 1 rings (SSSR count). The first-order chi connectivity index (χ1) is 4.93. The van der Waals surface area contributed by atoms with Crippen molar-refractivity contribution in [3.05, 3.63) is 12.2 Å². The van der Waals surface area contributed by atoms with Gasteiger partial charge in [-0.05, 0) is 18.9 Å². The van der Waals surface area contributed by atoms with Crippen LogP contribution in [0.1, 0.15) is 19.3 Å². The van der Waals surface area contributed by atoms with Crippen molar-refractivity contribution in [2.24, 2.45) is 4.99 Å². The van der Waals surface area contributed by atoms with Crippen LogP contribution in [0.4, 0.5) is 0 Å². The van der Waals surface area contributed by atoms with Gasteiger partial charge in [-0.25, -0.2) is 0 Å². The van der Waals surface area contributed by atoms with Crippen LogP contribution >= 0.6 is 0 Å². The van der Waals surface area contributed by atoms with E-state index >= 15 is 0 Å². The van der Waals surface area contributed by atoms with Gasteiger partial charge in [0.15, 0.2) is 0 Å². The molecule has 0 aromatic heterocycles. The number of hydrogen-bond donors (Lipinski definition) is 0. The lowest BCUT2D eigenvalue weighted by atomic mass is 10.1. The molecule has 54 valence electrons. The summed E-state index contributed by atoms with van der Waals surface area (Å²) in [6.45, 7) is 0.894. The number of hydrogen-bond acceptors (Lipinski definition) is 2. The van der Waals surface area contributed by atoms with Gasteiger partial charge in [-0.2, -0.15) is 0 Å². The molecule has 0 unspecified atom stereocenters. The molecule has 10 heavy (non-hydrogen) atoms. The van der Waals surface area contributed by atoms with Crippen molar-refractivity contribution in [1.82, 2.24) is 0 Å². The molecule has 0 spiro atoms. The van der Waals surface area contributed by atoms with Gasteiger partial charge in [0.05, 0.1) is 0 Å². The molecule has 0 bridgehead atoms. The Labute approximate surface area is 60.7 Å². The summed E-state index contributed by atoms with van der Waals surface area (Å²) in [6, 6.07) is 0. The lowest BCUT2D eigenvalue weighted by Crippen LogP contribution is -1.99. The van der Waals surface area contributed by atoms with Crippen LogP contribution in [0.25, 0.3) is 0 Å². The van der Waals surface area contributed by atoms with Crippen LogP contribution < -0.4 is 0 Å². The molecule has 0 aliphatic carbocycles. The van der Waals surface area contributed by atoms with Crippen molar-refractivity contribution in [2.45, 2.75) is 19.3 Å². The van der Waals surface area contributed by atoms with Crippen LogP contribution in [0.5, 0.6) is 0 Å². The molecule has 0 fully saturated rings. The van der Waals surface area contributed by atoms with Crippen molar-refractivity contribution in [3.8, 4) is 0 Å². The molecule has 1 heterocycles. The molecule has 0 saturated heterocycles. The highest BCUT2D eigenvalue weighted by Crippen LogP contribution is 2.00. The lowest BCUT2D eigenvalue weighted by Gasteiger charge is -2.02. The van der Waals surface area contributed by atoms with Gasteiger partial charge < -0.3 is 4.79 Å². The largest absolute Gasteiger partial charge is 0.303 e. The summed E-state index contributed by atoms with van der Waals surface area (Å²) in [5.74, 6) is 0. The molecule has 0 aromatic carbocycles. The molecule has 0 aromatic rings. The highest BCUT2D eigenvalue weighted by molar-refractivity contribution is 5.96. The van der Waals surface area contributed by atoms with E-state index in [9.17, 15) is 4.79 Å². The van der Waals surface area contributed by atoms with E-state index in [4.69, 9.17) is 0 Å². The zero-order valence-corrected chi connectivity index (χ0v) is 5.92. The SMILES string of the molecule is O=CCCC1=NCCC=C1. The second-order valence-corrected chi connectivity index (χ2v) is 2.27. The Hall–Kier alpha value is -0.920. The molecular formula is C8H11NO. The number of rotatable bonds is 3. The average molecular weight is 137 g/mol. The van der Waals surface area contributed by atoms with E-state index in [-0.39, 0.29) is 0 Å². The van der Waals surface area contributed by atoms with Crippen LogP contribution in [0, 0.1) is 0 Å². The lowest BCUT2D eigenvalue weighted by molar-refractivity contribution is -0.107. The Morgan fingerprint density at radius 1 is 1.70 bits per heavy atom. The topological polar surface area (TPSA) is 29.4 Å². The number of aldehydes is 1. The van der Waals surface area contributed by atoms with Crippen molar-refractivity contribution in [2.75, 3.05) is 6.54 Å². The van der Waals surface area contributed by atoms with Gasteiger partial charge in [-0.1, -0.05) is 6.08 Å². The Morgan fingerprint density at radius 2 is 2.60 bits per heavy atom. The van der Waals surface area contributed by atoms with Crippen molar-refractivity contribution in [3.63, 3.8) is 0 Å². The van der Waals surface area contributed by atoms with Crippen LogP contribution in [0.2, 0.25) is 0 Å². The Kier molecular flexibility index (Phi) is 2.87. The summed E-state index contributed by atoms with van der Waals surface area (Å²) >= 11 is 0. The predicted octanol–water partition coefficient (Wildman–Crippen LogP) is 1.37. The number of allylic oxidation sites excluding steroid dienone is 1. The zero-order chi connectivity index (χ0) is 7.23. The maximum absolute atomic E-state index is 9.97. The fourth-order valence-corrected chi connectivity index (χ4v) is 0.924. The smallest absolute Gasteiger partial charge is 0.120 e.